The lowest BCUT2D eigenvalue weighted by Gasteiger charge is -2.20. The summed E-state index contributed by atoms with van der Waals surface area (Å²) in [6, 6.07) is 10.6. The van der Waals surface area contributed by atoms with Crippen molar-refractivity contribution < 1.29 is 9.53 Å². The van der Waals surface area contributed by atoms with Crippen molar-refractivity contribution in [2.24, 2.45) is 5.92 Å². The number of ether oxygens (including phenoxy) is 1. The summed E-state index contributed by atoms with van der Waals surface area (Å²) in [4.78, 5) is 14.1. The maximum absolute atomic E-state index is 11.6. The molecule has 0 spiro atoms. The van der Waals surface area contributed by atoms with E-state index in [1.54, 1.807) is 0 Å². The Hall–Kier alpha value is -1.55. The maximum Gasteiger partial charge on any atom is 0.407 e. The first-order chi connectivity index (χ1) is 10.4. The number of likely N-dealkylation sites (tertiary alicyclic amines) is 1. The van der Waals surface area contributed by atoms with Gasteiger partial charge >= 0.3 is 6.09 Å². The fraction of sp³-hybridized carbons (Fsp3) is 0.611. The number of benzene rings is 1. The van der Waals surface area contributed by atoms with Gasteiger partial charge in [0, 0.05) is 19.6 Å². The zero-order chi connectivity index (χ0) is 16.0. The monoisotopic (exact) mass is 304 g/mol. The molecular formula is C18H28N2O2. The number of carbonyl (C=O) groups is 1. The predicted molar refractivity (Wildman–Crippen MR) is 88.7 cm³/mol. The fourth-order valence-electron chi connectivity index (χ4n) is 2.83. The number of hydrogen-bond acceptors (Lipinski definition) is 3. The topological polar surface area (TPSA) is 41.6 Å². The van der Waals surface area contributed by atoms with Gasteiger partial charge in [-0.15, -0.1) is 0 Å². The number of amides is 1. The summed E-state index contributed by atoms with van der Waals surface area (Å²) in [5, 5.41) is 2.85. The molecular weight excluding hydrogens is 276 g/mol. The average Bonchev–Trinajstić information content (AvgIpc) is 2.85. The van der Waals surface area contributed by atoms with E-state index in [2.05, 4.69) is 40.5 Å². The van der Waals surface area contributed by atoms with Gasteiger partial charge in [-0.25, -0.2) is 4.79 Å². The summed E-state index contributed by atoms with van der Waals surface area (Å²) in [5.74, 6) is 0.665. The fourth-order valence-corrected chi connectivity index (χ4v) is 2.83. The van der Waals surface area contributed by atoms with Crippen molar-refractivity contribution >= 4 is 6.09 Å². The van der Waals surface area contributed by atoms with Gasteiger partial charge in [-0.2, -0.15) is 0 Å². The number of rotatable bonds is 5. The Balaban J connectivity index is 1.63. The van der Waals surface area contributed by atoms with Crippen molar-refractivity contribution in [2.45, 2.75) is 45.8 Å². The number of nitrogens with zero attached hydrogens (tertiary/aromatic N) is 1. The van der Waals surface area contributed by atoms with Gasteiger partial charge < -0.3 is 10.1 Å². The molecule has 0 unspecified atom stereocenters. The van der Waals surface area contributed by atoms with E-state index in [9.17, 15) is 4.79 Å². The Morgan fingerprint density at radius 1 is 1.32 bits per heavy atom. The number of nitrogens with one attached hydrogen (secondary N) is 1. The summed E-state index contributed by atoms with van der Waals surface area (Å²) < 4.78 is 5.24. The third kappa shape index (κ3) is 6.06. The molecule has 4 nitrogen and oxygen atoms in total. The molecule has 1 saturated heterocycles. The van der Waals surface area contributed by atoms with Crippen LogP contribution in [-0.4, -0.2) is 36.2 Å². The second-order valence-electron chi connectivity index (χ2n) is 7.09. The van der Waals surface area contributed by atoms with Gasteiger partial charge in [0.25, 0.3) is 0 Å². The Labute approximate surface area is 133 Å². The molecule has 4 heteroatoms. The lowest BCUT2D eigenvalue weighted by Crippen LogP contribution is -2.33. The Bertz CT molecular complexity index is 468. The third-order valence-corrected chi connectivity index (χ3v) is 3.84. The molecule has 1 atom stereocenters. The van der Waals surface area contributed by atoms with E-state index in [4.69, 9.17) is 4.74 Å². The van der Waals surface area contributed by atoms with Crippen molar-refractivity contribution in [1.82, 2.24) is 10.2 Å². The molecule has 1 N–H and O–H groups in total. The highest BCUT2D eigenvalue weighted by atomic mass is 16.6. The van der Waals surface area contributed by atoms with Gasteiger partial charge in [0.05, 0.1) is 0 Å². The van der Waals surface area contributed by atoms with Crippen molar-refractivity contribution in [3.63, 3.8) is 0 Å². The summed E-state index contributed by atoms with van der Waals surface area (Å²) in [5.41, 5.74) is 0.944. The summed E-state index contributed by atoms with van der Waals surface area (Å²) in [6.07, 6.45) is 1.92. The van der Waals surface area contributed by atoms with Crippen LogP contribution in [0, 0.1) is 5.92 Å². The molecule has 1 aliphatic heterocycles. The van der Waals surface area contributed by atoms with E-state index in [0.29, 0.717) is 12.5 Å². The molecule has 1 amide bonds. The van der Waals surface area contributed by atoms with E-state index in [1.807, 2.05) is 20.8 Å². The highest BCUT2D eigenvalue weighted by molar-refractivity contribution is 5.67. The Morgan fingerprint density at radius 3 is 2.73 bits per heavy atom. The molecule has 0 radical (unpaired) electrons. The second-order valence-corrected chi connectivity index (χ2v) is 7.09. The van der Waals surface area contributed by atoms with Crippen LogP contribution in [0.2, 0.25) is 0 Å². The van der Waals surface area contributed by atoms with Gasteiger partial charge in [-0.3, -0.25) is 4.90 Å². The third-order valence-electron chi connectivity index (χ3n) is 3.84. The molecule has 1 aromatic rings. The van der Waals surface area contributed by atoms with Gasteiger partial charge in [-0.1, -0.05) is 30.3 Å². The van der Waals surface area contributed by atoms with E-state index >= 15 is 0 Å². The van der Waals surface area contributed by atoms with Crippen LogP contribution in [-0.2, 0) is 11.3 Å². The standard InChI is InChI=1S/C18H28N2O2/c1-18(2,3)22-17(21)19-11-9-16-10-12-20(14-16)13-15-7-5-4-6-8-15/h4-8,16H,9-14H2,1-3H3,(H,19,21)/t16-/m1/s1. The minimum atomic E-state index is -0.427. The van der Waals surface area contributed by atoms with Gasteiger partial charge in [-0.05, 0) is 51.6 Å². The number of carbonyl (C=O) groups excluding carboxylic acids is 1. The van der Waals surface area contributed by atoms with E-state index < -0.39 is 5.60 Å². The smallest absolute Gasteiger partial charge is 0.407 e. The summed E-state index contributed by atoms with van der Waals surface area (Å²) in [6.45, 7) is 9.62. The quantitative estimate of drug-likeness (QED) is 0.906. The van der Waals surface area contributed by atoms with E-state index in [0.717, 1.165) is 26.1 Å². The highest BCUT2D eigenvalue weighted by Crippen LogP contribution is 2.21. The van der Waals surface area contributed by atoms with Crippen LogP contribution in [0.3, 0.4) is 0 Å². The minimum Gasteiger partial charge on any atom is -0.444 e. The number of alkyl carbamates (subject to hydrolysis) is 1. The van der Waals surface area contributed by atoms with Gasteiger partial charge in [0.2, 0.25) is 0 Å². The molecule has 0 saturated carbocycles. The lowest BCUT2D eigenvalue weighted by molar-refractivity contribution is 0.0525. The van der Waals surface area contributed by atoms with Crippen LogP contribution in [0.25, 0.3) is 0 Å². The van der Waals surface area contributed by atoms with Crippen molar-refractivity contribution in [3.8, 4) is 0 Å². The Kier molecular flexibility index (Phi) is 5.83. The first-order valence-corrected chi connectivity index (χ1v) is 8.15. The lowest BCUT2D eigenvalue weighted by atomic mass is 10.1. The van der Waals surface area contributed by atoms with Crippen molar-refractivity contribution in [3.05, 3.63) is 35.9 Å². The maximum atomic E-state index is 11.6. The SMILES string of the molecule is CC(C)(C)OC(=O)NCC[C@@H]1CCN(Cc2ccccc2)C1. The highest BCUT2D eigenvalue weighted by Gasteiger charge is 2.22. The van der Waals surface area contributed by atoms with Crippen LogP contribution in [0.1, 0.15) is 39.2 Å². The molecule has 0 aliphatic carbocycles. The molecule has 1 aromatic carbocycles. The molecule has 22 heavy (non-hydrogen) atoms. The molecule has 1 heterocycles. The molecule has 122 valence electrons. The Morgan fingerprint density at radius 2 is 2.05 bits per heavy atom. The molecule has 2 rings (SSSR count). The molecule has 0 bridgehead atoms. The van der Waals surface area contributed by atoms with Gasteiger partial charge in [0.1, 0.15) is 5.60 Å². The van der Waals surface area contributed by atoms with Crippen LogP contribution in [0.5, 0.6) is 0 Å². The molecule has 1 fully saturated rings. The zero-order valence-corrected chi connectivity index (χ0v) is 14.0. The first-order valence-electron chi connectivity index (χ1n) is 8.15. The second kappa shape index (κ2) is 7.63. The largest absolute Gasteiger partial charge is 0.444 e. The molecule has 1 aliphatic rings. The van der Waals surface area contributed by atoms with E-state index in [-0.39, 0.29) is 6.09 Å². The van der Waals surface area contributed by atoms with Crippen LogP contribution in [0.4, 0.5) is 4.79 Å². The van der Waals surface area contributed by atoms with Crippen LogP contribution < -0.4 is 5.32 Å². The normalized spacial score (nSPS) is 19.1. The van der Waals surface area contributed by atoms with Crippen molar-refractivity contribution in [1.29, 1.82) is 0 Å². The minimum absolute atomic E-state index is 0.313. The molecule has 0 aromatic heterocycles. The van der Waals surface area contributed by atoms with Crippen LogP contribution in [0.15, 0.2) is 30.3 Å². The predicted octanol–water partition coefficient (Wildman–Crippen LogP) is 3.42. The van der Waals surface area contributed by atoms with Crippen molar-refractivity contribution in [2.75, 3.05) is 19.6 Å². The average molecular weight is 304 g/mol. The summed E-state index contributed by atoms with van der Waals surface area (Å²) in [7, 11) is 0. The van der Waals surface area contributed by atoms with Crippen LogP contribution >= 0.6 is 0 Å². The zero-order valence-electron chi connectivity index (χ0n) is 14.0. The first kappa shape index (κ1) is 16.8. The van der Waals surface area contributed by atoms with Gasteiger partial charge in [0.15, 0.2) is 0 Å². The summed E-state index contributed by atoms with van der Waals surface area (Å²) >= 11 is 0. The number of hydrogen-bond donors (Lipinski definition) is 1. The van der Waals surface area contributed by atoms with E-state index in [1.165, 1.54) is 12.0 Å².